The summed E-state index contributed by atoms with van der Waals surface area (Å²) in [6.45, 7) is 5.83. The van der Waals surface area contributed by atoms with Gasteiger partial charge in [0.05, 0.1) is 12.4 Å². The lowest BCUT2D eigenvalue weighted by Gasteiger charge is -2.20. The van der Waals surface area contributed by atoms with Crippen molar-refractivity contribution in [3.05, 3.63) is 18.1 Å². The third kappa shape index (κ3) is 2.78. The molecule has 1 aliphatic heterocycles. The Labute approximate surface area is 108 Å². The molecular weight excluding hydrogens is 228 g/mol. The third-order valence-corrected chi connectivity index (χ3v) is 3.22. The molecule has 1 aliphatic rings. The number of nitrogens with zero attached hydrogens (tertiary/aromatic N) is 3. The lowest BCUT2D eigenvalue weighted by molar-refractivity contribution is 0.0741. The molecule has 98 valence electrons. The maximum atomic E-state index is 12.3. The predicted molar refractivity (Wildman–Crippen MR) is 70.5 cm³/mol. The molecule has 1 N–H and O–H groups in total. The van der Waals surface area contributed by atoms with Crippen LogP contribution in [-0.4, -0.2) is 39.9 Å². The number of nitrogens with one attached hydrogen (secondary N) is 1. The van der Waals surface area contributed by atoms with Crippen LogP contribution in [0.3, 0.4) is 0 Å². The number of rotatable bonds is 4. The molecule has 1 fully saturated rings. The minimum absolute atomic E-state index is 0.00681. The van der Waals surface area contributed by atoms with Gasteiger partial charge in [0.1, 0.15) is 11.5 Å². The zero-order valence-electron chi connectivity index (χ0n) is 11.0. The normalized spacial score (nSPS) is 19.0. The van der Waals surface area contributed by atoms with E-state index < -0.39 is 0 Å². The van der Waals surface area contributed by atoms with Crippen molar-refractivity contribution in [2.24, 2.45) is 0 Å². The molecule has 1 atom stereocenters. The van der Waals surface area contributed by atoms with Crippen LogP contribution < -0.4 is 5.32 Å². The highest BCUT2D eigenvalue weighted by Crippen LogP contribution is 2.18. The smallest absolute Gasteiger partial charge is 0.274 e. The van der Waals surface area contributed by atoms with Crippen LogP contribution in [-0.2, 0) is 0 Å². The van der Waals surface area contributed by atoms with Gasteiger partial charge in [0.25, 0.3) is 5.91 Å². The van der Waals surface area contributed by atoms with E-state index in [2.05, 4.69) is 29.1 Å². The second-order valence-corrected chi connectivity index (χ2v) is 4.71. The Balaban J connectivity index is 2.10. The molecule has 0 spiro atoms. The molecule has 1 aromatic rings. The van der Waals surface area contributed by atoms with Crippen molar-refractivity contribution in [2.75, 3.05) is 18.4 Å². The van der Waals surface area contributed by atoms with E-state index in [-0.39, 0.29) is 5.91 Å². The summed E-state index contributed by atoms with van der Waals surface area (Å²) < 4.78 is 0. The lowest BCUT2D eigenvalue weighted by atomic mass is 10.2. The average molecular weight is 248 g/mol. The van der Waals surface area contributed by atoms with Crippen molar-refractivity contribution in [3.8, 4) is 0 Å². The monoisotopic (exact) mass is 248 g/mol. The Morgan fingerprint density at radius 3 is 3.06 bits per heavy atom. The largest absolute Gasteiger partial charge is 0.369 e. The SMILES string of the molecule is CCCNc1cncc(C(=O)N2CCCC2C)n1. The van der Waals surface area contributed by atoms with Crippen LogP contribution in [0.1, 0.15) is 43.6 Å². The minimum atomic E-state index is -0.00681. The van der Waals surface area contributed by atoms with Gasteiger partial charge in [0.15, 0.2) is 0 Å². The molecule has 1 saturated heterocycles. The second kappa shape index (κ2) is 5.80. The molecule has 1 amide bonds. The molecule has 5 heteroatoms. The topological polar surface area (TPSA) is 58.1 Å². The molecule has 18 heavy (non-hydrogen) atoms. The predicted octanol–water partition coefficient (Wildman–Crippen LogP) is 1.92. The van der Waals surface area contributed by atoms with Crippen molar-refractivity contribution in [1.29, 1.82) is 0 Å². The zero-order chi connectivity index (χ0) is 13.0. The van der Waals surface area contributed by atoms with Crippen molar-refractivity contribution < 1.29 is 4.79 Å². The van der Waals surface area contributed by atoms with E-state index >= 15 is 0 Å². The Morgan fingerprint density at radius 1 is 1.56 bits per heavy atom. The van der Waals surface area contributed by atoms with Crippen LogP contribution in [0.25, 0.3) is 0 Å². The summed E-state index contributed by atoms with van der Waals surface area (Å²) in [5, 5.41) is 3.15. The fourth-order valence-corrected chi connectivity index (χ4v) is 2.19. The van der Waals surface area contributed by atoms with Gasteiger partial charge in [-0.25, -0.2) is 4.98 Å². The highest BCUT2D eigenvalue weighted by atomic mass is 16.2. The molecule has 0 radical (unpaired) electrons. The highest BCUT2D eigenvalue weighted by Gasteiger charge is 2.27. The Morgan fingerprint density at radius 2 is 2.39 bits per heavy atom. The van der Waals surface area contributed by atoms with Crippen LogP contribution in [0.4, 0.5) is 5.82 Å². The number of carbonyl (C=O) groups is 1. The number of hydrogen-bond acceptors (Lipinski definition) is 4. The van der Waals surface area contributed by atoms with Gasteiger partial charge >= 0.3 is 0 Å². The average Bonchev–Trinajstić information content (AvgIpc) is 2.82. The van der Waals surface area contributed by atoms with Crippen molar-refractivity contribution >= 4 is 11.7 Å². The summed E-state index contributed by atoms with van der Waals surface area (Å²) in [5.41, 5.74) is 0.435. The van der Waals surface area contributed by atoms with Crippen LogP contribution >= 0.6 is 0 Å². The van der Waals surface area contributed by atoms with Gasteiger partial charge in [-0.05, 0) is 26.2 Å². The van der Waals surface area contributed by atoms with E-state index in [1.54, 1.807) is 12.4 Å². The number of carbonyl (C=O) groups excluding carboxylic acids is 1. The van der Waals surface area contributed by atoms with Gasteiger partial charge < -0.3 is 10.2 Å². The van der Waals surface area contributed by atoms with Crippen molar-refractivity contribution in [3.63, 3.8) is 0 Å². The molecular formula is C13H20N4O. The third-order valence-electron chi connectivity index (χ3n) is 3.22. The Bertz CT molecular complexity index is 421. The highest BCUT2D eigenvalue weighted by molar-refractivity contribution is 5.92. The summed E-state index contributed by atoms with van der Waals surface area (Å²) >= 11 is 0. The first-order chi connectivity index (χ1) is 8.72. The van der Waals surface area contributed by atoms with Gasteiger partial charge in [-0.3, -0.25) is 9.78 Å². The van der Waals surface area contributed by atoms with E-state index in [1.165, 1.54) is 0 Å². The Hall–Kier alpha value is -1.65. The standard InChI is InChI=1S/C13H20N4O/c1-3-6-15-12-9-14-8-11(16-12)13(18)17-7-4-5-10(17)2/h8-10H,3-7H2,1-2H3,(H,15,16). The van der Waals surface area contributed by atoms with Gasteiger partial charge in [0.2, 0.25) is 0 Å². The fourth-order valence-electron chi connectivity index (χ4n) is 2.19. The van der Waals surface area contributed by atoms with Crippen LogP contribution in [0.5, 0.6) is 0 Å². The van der Waals surface area contributed by atoms with E-state index in [1.807, 2.05) is 4.90 Å². The molecule has 0 aromatic carbocycles. The van der Waals surface area contributed by atoms with E-state index in [0.29, 0.717) is 17.6 Å². The van der Waals surface area contributed by atoms with E-state index in [4.69, 9.17) is 0 Å². The lowest BCUT2D eigenvalue weighted by Crippen LogP contribution is -2.34. The van der Waals surface area contributed by atoms with Crippen molar-refractivity contribution in [1.82, 2.24) is 14.9 Å². The van der Waals surface area contributed by atoms with Gasteiger partial charge in [-0.1, -0.05) is 6.92 Å². The zero-order valence-corrected chi connectivity index (χ0v) is 11.0. The van der Waals surface area contributed by atoms with Crippen LogP contribution in [0.15, 0.2) is 12.4 Å². The van der Waals surface area contributed by atoms with Crippen LogP contribution in [0, 0.1) is 0 Å². The number of anilines is 1. The summed E-state index contributed by atoms with van der Waals surface area (Å²) in [6.07, 6.45) is 6.37. The number of hydrogen-bond donors (Lipinski definition) is 1. The van der Waals surface area contributed by atoms with Crippen LogP contribution in [0.2, 0.25) is 0 Å². The maximum Gasteiger partial charge on any atom is 0.274 e. The Kier molecular flexibility index (Phi) is 4.12. The molecule has 5 nitrogen and oxygen atoms in total. The minimum Gasteiger partial charge on any atom is -0.369 e. The molecule has 0 saturated carbocycles. The maximum absolute atomic E-state index is 12.3. The quantitative estimate of drug-likeness (QED) is 0.884. The number of aromatic nitrogens is 2. The molecule has 0 bridgehead atoms. The summed E-state index contributed by atoms with van der Waals surface area (Å²) in [7, 11) is 0. The second-order valence-electron chi connectivity index (χ2n) is 4.71. The van der Waals surface area contributed by atoms with Gasteiger partial charge in [-0.15, -0.1) is 0 Å². The van der Waals surface area contributed by atoms with Gasteiger partial charge in [0, 0.05) is 19.1 Å². The molecule has 1 aromatic heterocycles. The van der Waals surface area contributed by atoms with E-state index in [9.17, 15) is 4.79 Å². The molecule has 2 rings (SSSR count). The molecule has 0 aliphatic carbocycles. The molecule has 1 unspecified atom stereocenters. The first-order valence-electron chi connectivity index (χ1n) is 6.59. The van der Waals surface area contributed by atoms with Gasteiger partial charge in [-0.2, -0.15) is 0 Å². The fraction of sp³-hybridized carbons (Fsp3) is 0.615. The number of amides is 1. The van der Waals surface area contributed by atoms with E-state index in [0.717, 1.165) is 32.4 Å². The summed E-state index contributed by atoms with van der Waals surface area (Å²) in [6, 6.07) is 0.312. The number of likely N-dealkylation sites (tertiary alicyclic amines) is 1. The summed E-state index contributed by atoms with van der Waals surface area (Å²) in [5.74, 6) is 0.669. The van der Waals surface area contributed by atoms with Crippen molar-refractivity contribution in [2.45, 2.75) is 39.2 Å². The molecule has 2 heterocycles. The first-order valence-corrected chi connectivity index (χ1v) is 6.59. The first kappa shape index (κ1) is 12.8. The summed E-state index contributed by atoms with van der Waals surface area (Å²) in [4.78, 5) is 22.6.